The largest absolute Gasteiger partial charge is 0.495 e. The number of hydrogen-bond acceptors (Lipinski definition) is 8. The van der Waals surface area contributed by atoms with Gasteiger partial charge in [-0.05, 0) is 44.5 Å². The minimum Gasteiger partial charge on any atom is -0.495 e. The molecule has 10 nitrogen and oxygen atoms in total. The molecule has 0 aliphatic carbocycles. The highest BCUT2D eigenvalue weighted by atomic mass is 16.6. The highest BCUT2D eigenvalue weighted by Crippen LogP contribution is 2.37. The van der Waals surface area contributed by atoms with Crippen molar-refractivity contribution in [1.82, 2.24) is 24.6 Å². The Kier molecular flexibility index (Phi) is 5.35. The van der Waals surface area contributed by atoms with E-state index in [1.165, 1.54) is 19.8 Å². The highest BCUT2D eigenvalue weighted by Gasteiger charge is 2.20. The number of carbonyl (C=O) groups excluding carboxylic acids is 1. The van der Waals surface area contributed by atoms with Crippen molar-refractivity contribution in [2.24, 2.45) is 0 Å². The van der Waals surface area contributed by atoms with Gasteiger partial charge in [-0.2, -0.15) is 5.10 Å². The van der Waals surface area contributed by atoms with Gasteiger partial charge in [0, 0.05) is 23.5 Å². The molecule has 4 aromatic rings. The van der Waals surface area contributed by atoms with Crippen LogP contribution in [-0.4, -0.2) is 43.4 Å². The molecule has 0 radical (unpaired) electrons. The molecule has 3 heterocycles. The molecular formula is C22H23N7O3. The van der Waals surface area contributed by atoms with Gasteiger partial charge in [-0.25, -0.2) is 24.3 Å². The molecule has 32 heavy (non-hydrogen) atoms. The van der Waals surface area contributed by atoms with Crippen LogP contribution in [0.5, 0.6) is 5.75 Å². The van der Waals surface area contributed by atoms with Gasteiger partial charge in [0.25, 0.3) is 0 Å². The number of anilines is 2. The second-order valence-electron chi connectivity index (χ2n) is 8.02. The number of nitrogen functional groups attached to an aromatic ring is 1. The summed E-state index contributed by atoms with van der Waals surface area (Å²) in [6, 6.07) is 7.34. The van der Waals surface area contributed by atoms with Crippen molar-refractivity contribution in [1.29, 1.82) is 0 Å². The van der Waals surface area contributed by atoms with Gasteiger partial charge < -0.3 is 15.2 Å². The van der Waals surface area contributed by atoms with Gasteiger partial charge in [0.2, 0.25) is 0 Å². The van der Waals surface area contributed by atoms with E-state index in [-0.39, 0.29) is 0 Å². The second-order valence-corrected chi connectivity index (χ2v) is 8.02. The second kappa shape index (κ2) is 8.14. The van der Waals surface area contributed by atoms with Crippen molar-refractivity contribution in [3.63, 3.8) is 0 Å². The molecule has 0 saturated heterocycles. The summed E-state index contributed by atoms with van der Waals surface area (Å²) >= 11 is 0. The number of nitrogens with zero attached hydrogens (tertiary/aromatic N) is 5. The fourth-order valence-electron chi connectivity index (χ4n) is 3.30. The summed E-state index contributed by atoms with van der Waals surface area (Å²) in [6.45, 7) is 5.40. The van der Waals surface area contributed by atoms with E-state index >= 15 is 0 Å². The standard InChI is InChI=1S/C22H23N7O3/c1-22(2,3)32-21(30)28-16-6-5-13(7-18(16)31-4)15-8-17(14-9-24-11-25-10-14)29-19(15)20(23)26-12-27-29/h5-12H,1-4H3,(H,28,30)(H2,23,26,27). The van der Waals surface area contributed by atoms with Crippen molar-refractivity contribution >= 4 is 23.1 Å². The van der Waals surface area contributed by atoms with Gasteiger partial charge in [-0.15, -0.1) is 0 Å². The molecule has 0 saturated carbocycles. The minimum absolute atomic E-state index is 0.327. The molecule has 0 fully saturated rings. The molecular weight excluding hydrogens is 410 g/mol. The van der Waals surface area contributed by atoms with Crippen molar-refractivity contribution in [3.05, 3.63) is 49.3 Å². The SMILES string of the molecule is COc1cc(-c2cc(-c3cncnc3)n3ncnc(N)c23)ccc1NC(=O)OC(C)(C)C. The average Bonchev–Trinajstić information content (AvgIpc) is 3.14. The Labute approximate surface area is 184 Å². The zero-order valence-electron chi connectivity index (χ0n) is 18.2. The molecule has 0 aliphatic rings. The van der Waals surface area contributed by atoms with Crippen LogP contribution in [0.4, 0.5) is 16.3 Å². The van der Waals surface area contributed by atoms with Crippen LogP contribution in [0.3, 0.4) is 0 Å². The van der Waals surface area contributed by atoms with Crippen LogP contribution in [0, 0.1) is 0 Å². The molecule has 0 aliphatic heterocycles. The van der Waals surface area contributed by atoms with Gasteiger partial charge in [-0.1, -0.05) is 6.07 Å². The maximum atomic E-state index is 12.2. The summed E-state index contributed by atoms with van der Waals surface area (Å²) in [6.07, 6.45) is 5.69. The Morgan fingerprint density at radius 1 is 1.09 bits per heavy atom. The summed E-state index contributed by atoms with van der Waals surface area (Å²) in [4.78, 5) is 24.5. The summed E-state index contributed by atoms with van der Waals surface area (Å²) in [7, 11) is 1.53. The number of carbonyl (C=O) groups is 1. The number of aromatic nitrogens is 5. The molecule has 4 rings (SSSR count). The average molecular weight is 433 g/mol. The van der Waals surface area contributed by atoms with E-state index < -0.39 is 11.7 Å². The van der Waals surface area contributed by atoms with Gasteiger partial charge in [0.05, 0.1) is 18.5 Å². The first-order chi connectivity index (χ1) is 15.3. The van der Waals surface area contributed by atoms with Crippen molar-refractivity contribution < 1.29 is 14.3 Å². The lowest BCUT2D eigenvalue weighted by molar-refractivity contribution is 0.0635. The van der Waals surface area contributed by atoms with E-state index in [9.17, 15) is 4.79 Å². The smallest absolute Gasteiger partial charge is 0.412 e. The Balaban J connectivity index is 1.79. The monoisotopic (exact) mass is 433 g/mol. The molecule has 1 aromatic carbocycles. The Hall–Kier alpha value is -4.21. The lowest BCUT2D eigenvalue weighted by atomic mass is 10.0. The first kappa shape index (κ1) is 21.0. The van der Waals surface area contributed by atoms with Gasteiger partial charge in [0.15, 0.2) is 5.82 Å². The predicted octanol–water partition coefficient (Wildman–Crippen LogP) is 3.79. The number of nitrogens with one attached hydrogen (secondary N) is 1. The molecule has 0 bridgehead atoms. The lowest BCUT2D eigenvalue weighted by Gasteiger charge is -2.20. The molecule has 164 valence electrons. The number of benzene rings is 1. The zero-order valence-corrected chi connectivity index (χ0v) is 18.2. The van der Waals surface area contributed by atoms with Crippen LogP contribution in [-0.2, 0) is 4.74 Å². The van der Waals surface area contributed by atoms with Gasteiger partial charge in [0.1, 0.15) is 29.5 Å². The third kappa shape index (κ3) is 4.15. The first-order valence-electron chi connectivity index (χ1n) is 9.83. The van der Waals surface area contributed by atoms with E-state index in [4.69, 9.17) is 15.2 Å². The summed E-state index contributed by atoms with van der Waals surface area (Å²) < 4.78 is 12.5. The van der Waals surface area contributed by atoms with Crippen LogP contribution < -0.4 is 15.8 Å². The number of nitrogens with two attached hydrogens (primary N) is 1. The number of ether oxygens (including phenoxy) is 2. The number of fused-ring (bicyclic) bond motifs is 1. The van der Waals surface area contributed by atoms with Crippen molar-refractivity contribution in [2.45, 2.75) is 26.4 Å². The highest BCUT2D eigenvalue weighted by molar-refractivity contribution is 5.94. The zero-order chi connectivity index (χ0) is 22.9. The Morgan fingerprint density at radius 2 is 1.84 bits per heavy atom. The van der Waals surface area contributed by atoms with Crippen LogP contribution in [0.1, 0.15) is 20.8 Å². The predicted molar refractivity (Wildman–Crippen MR) is 120 cm³/mol. The normalized spacial score (nSPS) is 11.4. The quantitative estimate of drug-likeness (QED) is 0.497. The molecule has 3 N–H and O–H groups in total. The third-order valence-corrected chi connectivity index (χ3v) is 4.59. The summed E-state index contributed by atoms with van der Waals surface area (Å²) in [5.74, 6) is 0.792. The fraction of sp³-hybridized carbons (Fsp3) is 0.227. The molecule has 10 heteroatoms. The summed E-state index contributed by atoms with van der Waals surface area (Å²) in [5.41, 5.74) is 9.85. The number of amides is 1. The van der Waals surface area contributed by atoms with Crippen LogP contribution in [0.2, 0.25) is 0 Å². The van der Waals surface area contributed by atoms with Crippen LogP contribution in [0.15, 0.2) is 49.3 Å². The lowest BCUT2D eigenvalue weighted by Crippen LogP contribution is -2.27. The van der Waals surface area contributed by atoms with E-state index in [0.717, 1.165) is 22.4 Å². The molecule has 3 aromatic heterocycles. The van der Waals surface area contributed by atoms with E-state index in [2.05, 4.69) is 25.4 Å². The number of rotatable bonds is 4. The number of methoxy groups -OCH3 is 1. The van der Waals surface area contributed by atoms with E-state index in [1.807, 2.05) is 12.1 Å². The molecule has 0 unspecified atom stereocenters. The molecule has 0 atom stereocenters. The van der Waals surface area contributed by atoms with Crippen LogP contribution in [0.25, 0.3) is 27.9 Å². The maximum Gasteiger partial charge on any atom is 0.412 e. The third-order valence-electron chi connectivity index (χ3n) is 4.59. The summed E-state index contributed by atoms with van der Waals surface area (Å²) in [5, 5.41) is 7.08. The maximum absolute atomic E-state index is 12.2. The Bertz CT molecular complexity index is 1280. The minimum atomic E-state index is -0.613. The van der Waals surface area contributed by atoms with E-state index in [1.54, 1.807) is 49.8 Å². The van der Waals surface area contributed by atoms with Gasteiger partial charge in [-0.3, -0.25) is 5.32 Å². The van der Waals surface area contributed by atoms with Crippen molar-refractivity contribution in [2.75, 3.05) is 18.2 Å². The first-order valence-corrected chi connectivity index (χ1v) is 9.83. The molecule has 1 amide bonds. The van der Waals surface area contributed by atoms with Gasteiger partial charge >= 0.3 is 6.09 Å². The van der Waals surface area contributed by atoms with Crippen molar-refractivity contribution in [3.8, 4) is 28.1 Å². The topological polar surface area (TPSA) is 130 Å². The molecule has 0 spiro atoms. The van der Waals surface area contributed by atoms with E-state index in [0.29, 0.717) is 22.8 Å². The fourth-order valence-corrected chi connectivity index (χ4v) is 3.30. The number of hydrogen-bond donors (Lipinski definition) is 2. The van der Waals surface area contributed by atoms with Crippen LogP contribution >= 0.6 is 0 Å². The Morgan fingerprint density at radius 3 is 2.53 bits per heavy atom.